The van der Waals surface area contributed by atoms with Gasteiger partial charge in [-0.3, -0.25) is 4.79 Å². The highest BCUT2D eigenvalue weighted by Gasteiger charge is 2.29. The molecule has 25 heavy (non-hydrogen) atoms. The topological polar surface area (TPSA) is 55.8 Å². The molecule has 0 aromatic heterocycles. The SMILES string of the molecule is CCOC(=O)COc1ccccc1C=C1CCC(CN(C)C)C1=O.Cl. The number of allylic oxidation sites excluding steroid dienone is 1. The van der Waals surface area contributed by atoms with E-state index in [9.17, 15) is 9.59 Å². The minimum absolute atomic E-state index is 0. The van der Waals surface area contributed by atoms with Crippen LogP contribution in [0.2, 0.25) is 0 Å². The molecule has 0 spiro atoms. The number of carbonyl (C=O) groups excluding carboxylic acids is 2. The normalized spacial score (nSPS) is 18.3. The molecule has 1 saturated carbocycles. The Morgan fingerprint density at radius 2 is 2.04 bits per heavy atom. The summed E-state index contributed by atoms with van der Waals surface area (Å²) in [6, 6.07) is 7.41. The number of esters is 1. The summed E-state index contributed by atoms with van der Waals surface area (Å²) in [4.78, 5) is 26.0. The van der Waals surface area contributed by atoms with Crippen LogP contribution in [0.15, 0.2) is 29.8 Å². The molecule has 5 nitrogen and oxygen atoms in total. The fourth-order valence-electron chi connectivity index (χ4n) is 2.86. The lowest BCUT2D eigenvalue weighted by molar-refractivity contribution is -0.145. The van der Waals surface area contributed by atoms with Crippen molar-refractivity contribution in [3.63, 3.8) is 0 Å². The molecule has 0 amide bonds. The third kappa shape index (κ3) is 6.18. The molecule has 6 heteroatoms. The van der Waals surface area contributed by atoms with E-state index in [0.29, 0.717) is 12.4 Å². The van der Waals surface area contributed by atoms with Gasteiger partial charge in [0.2, 0.25) is 0 Å². The second kappa shape index (κ2) is 10.2. The number of Topliss-reactive ketones (excluding diaryl/α,β-unsaturated/α-hetero) is 1. The highest BCUT2D eigenvalue weighted by molar-refractivity contribution is 6.03. The van der Waals surface area contributed by atoms with Crippen molar-refractivity contribution in [2.24, 2.45) is 5.92 Å². The molecule has 1 fully saturated rings. The van der Waals surface area contributed by atoms with Crippen molar-refractivity contribution in [3.05, 3.63) is 35.4 Å². The van der Waals surface area contributed by atoms with Gasteiger partial charge in [0.25, 0.3) is 0 Å². The molecule has 0 heterocycles. The second-order valence-corrected chi connectivity index (χ2v) is 6.16. The standard InChI is InChI=1S/C19H25NO4.ClH/c1-4-23-18(21)13-24-17-8-6-5-7-14(17)11-15-9-10-16(19(15)22)12-20(2)3;/h5-8,11,16H,4,9-10,12-13H2,1-3H3;1H. The van der Waals surface area contributed by atoms with E-state index in [-0.39, 0.29) is 30.7 Å². The van der Waals surface area contributed by atoms with Crippen molar-refractivity contribution < 1.29 is 19.1 Å². The van der Waals surface area contributed by atoms with E-state index in [4.69, 9.17) is 9.47 Å². The van der Waals surface area contributed by atoms with Crippen LogP contribution in [0.5, 0.6) is 5.75 Å². The second-order valence-electron chi connectivity index (χ2n) is 6.16. The molecule has 1 aliphatic carbocycles. The number of ketones is 1. The first kappa shape index (κ1) is 21.2. The van der Waals surface area contributed by atoms with Crippen molar-refractivity contribution in [1.82, 2.24) is 4.90 Å². The fourth-order valence-corrected chi connectivity index (χ4v) is 2.86. The Kier molecular flexibility index (Phi) is 8.66. The Bertz CT molecular complexity index is 628. The van der Waals surface area contributed by atoms with E-state index in [1.54, 1.807) is 13.0 Å². The number of ether oxygens (including phenoxy) is 2. The van der Waals surface area contributed by atoms with Crippen LogP contribution < -0.4 is 4.74 Å². The summed E-state index contributed by atoms with van der Waals surface area (Å²) in [5.41, 5.74) is 1.64. The van der Waals surface area contributed by atoms with Crippen molar-refractivity contribution in [3.8, 4) is 5.75 Å². The smallest absolute Gasteiger partial charge is 0.344 e. The average molecular weight is 368 g/mol. The summed E-state index contributed by atoms with van der Waals surface area (Å²) in [7, 11) is 3.96. The molecule has 1 atom stereocenters. The lowest BCUT2D eigenvalue weighted by atomic mass is 10.0. The summed E-state index contributed by atoms with van der Waals surface area (Å²) in [5.74, 6) is 0.465. The van der Waals surface area contributed by atoms with E-state index in [1.165, 1.54) is 0 Å². The van der Waals surface area contributed by atoms with Crippen LogP contribution in [-0.2, 0) is 14.3 Å². The summed E-state index contributed by atoms with van der Waals surface area (Å²) in [5, 5.41) is 0. The number of nitrogens with zero attached hydrogens (tertiary/aromatic N) is 1. The fraction of sp³-hybridized carbons (Fsp3) is 0.474. The van der Waals surface area contributed by atoms with E-state index >= 15 is 0 Å². The monoisotopic (exact) mass is 367 g/mol. The number of rotatable bonds is 7. The van der Waals surface area contributed by atoms with Gasteiger partial charge in [-0.25, -0.2) is 4.79 Å². The van der Waals surface area contributed by atoms with Gasteiger partial charge in [-0.2, -0.15) is 0 Å². The zero-order chi connectivity index (χ0) is 17.5. The van der Waals surface area contributed by atoms with Crippen molar-refractivity contribution in [2.75, 3.05) is 33.9 Å². The molecule has 2 rings (SSSR count). The molecule has 1 aromatic carbocycles. The maximum Gasteiger partial charge on any atom is 0.344 e. The molecule has 0 bridgehead atoms. The largest absolute Gasteiger partial charge is 0.481 e. The Morgan fingerprint density at radius 1 is 1.32 bits per heavy atom. The van der Waals surface area contributed by atoms with Crippen LogP contribution in [0, 0.1) is 5.92 Å². The quantitative estimate of drug-likeness (QED) is 0.547. The number of carbonyl (C=O) groups is 2. The molecular formula is C19H26ClNO4. The first-order valence-corrected chi connectivity index (χ1v) is 8.28. The number of hydrogen-bond acceptors (Lipinski definition) is 5. The Labute approximate surface area is 155 Å². The molecule has 0 radical (unpaired) electrons. The van der Waals surface area contributed by atoms with Gasteiger partial charge in [-0.15, -0.1) is 12.4 Å². The molecule has 0 saturated heterocycles. The van der Waals surface area contributed by atoms with Gasteiger partial charge in [0.15, 0.2) is 12.4 Å². The Balaban J connectivity index is 0.00000312. The van der Waals surface area contributed by atoms with Crippen LogP contribution in [-0.4, -0.2) is 50.5 Å². The summed E-state index contributed by atoms with van der Waals surface area (Å²) in [6.07, 6.45) is 3.55. The van der Waals surface area contributed by atoms with Crippen LogP contribution >= 0.6 is 12.4 Å². The van der Waals surface area contributed by atoms with E-state index in [2.05, 4.69) is 0 Å². The Morgan fingerprint density at radius 3 is 2.72 bits per heavy atom. The van der Waals surface area contributed by atoms with Gasteiger partial charge < -0.3 is 14.4 Å². The van der Waals surface area contributed by atoms with Crippen LogP contribution in [0.1, 0.15) is 25.3 Å². The minimum atomic E-state index is -0.400. The van der Waals surface area contributed by atoms with E-state index in [1.807, 2.05) is 43.3 Å². The van der Waals surface area contributed by atoms with Gasteiger partial charge in [0, 0.05) is 18.0 Å². The van der Waals surface area contributed by atoms with Crippen LogP contribution in [0.4, 0.5) is 0 Å². The maximum atomic E-state index is 12.5. The first-order chi connectivity index (χ1) is 11.5. The molecule has 0 N–H and O–H groups in total. The van der Waals surface area contributed by atoms with Crippen molar-refractivity contribution in [1.29, 1.82) is 0 Å². The minimum Gasteiger partial charge on any atom is -0.481 e. The number of halogens is 1. The molecule has 0 aliphatic heterocycles. The summed E-state index contributed by atoms with van der Waals surface area (Å²) >= 11 is 0. The third-order valence-electron chi connectivity index (χ3n) is 3.93. The Hall–Kier alpha value is -1.85. The highest BCUT2D eigenvalue weighted by Crippen LogP contribution is 2.31. The van der Waals surface area contributed by atoms with Gasteiger partial charge in [-0.1, -0.05) is 18.2 Å². The van der Waals surface area contributed by atoms with E-state index in [0.717, 1.165) is 30.5 Å². The van der Waals surface area contributed by atoms with Crippen LogP contribution in [0.25, 0.3) is 6.08 Å². The lowest BCUT2D eigenvalue weighted by Crippen LogP contribution is -2.24. The number of hydrogen-bond donors (Lipinski definition) is 0. The lowest BCUT2D eigenvalue weighted by Gasteiger charge is -2.13. The molecule has 1 aliphatic rings. The van der Waals surface area contributed by atoms with Gasteiger partial charge in [0.05, 0.1) is 6.61 Å². The van der Waals surface area contributed by atoms with Gasteiger partial charge >= 0.3 is 5.97 Å². The first-order valence-electron chi connectivity index (χ1n) is 8.28. The molecular weight excluding hydrogens is 342 g/mol. The van der Waals surface area contributed by atoms with Gasteiger partial charge in [0.1, 0.15) is 5.75 Å². The molecule has 1 aromatic rings. The molecule has 1 unspecified atom stereocenters. The highest BCUT2D eigenvalue weighted by atomic mass is 35.5. The predicted octanol–water partition coefficient (Wildman–Crippen LogP) is 2.97. The van der Waals surface area contributed by atoms with Crippen molar-refractivity contribution in [2.45, 2.75) is 19.8 Å². The summed E-state index contributed by atoms with van der Waals surface area (Å²) < 4.78 is 10.4. The van der Waals surface area contributed by atoms with Crippen molar-refractivity contribution >= 4 is 30.2 Å². The number of benzene rings is 1. The maximum absolute atomic E-state index is 12.5. The van der Waals surface area contributed by atoms with Gasteiger partial charge in [-0.05, 0) is 51.6 Å². The zero-order valence-electron chi connectivity index (χ0n) is 15.0. The number of para-hydroxylation sites is 1. The van der Waals surface area contributed by atoms with Crippen LogP contribution in [0.3, 0.4) is 0 Å². The molecule has 138 valence electrons. The van der Waals surface area contributed by atoms with E-state index < -0.39 is 5.97 Å². The summed E-state index contributed by atoms with van der Waals surface area (Å²) in [6.45, 7) is 2.73. The zero-order valence-corrected chi connectivity index (χ0v) is 15.8. The third-order valence-corrected chi connectivity index (χ3v) is 3.93. The average Bonchev–Trinajstić information content (AvgIpc) is 2.87. The predicted molar refractivity (Wildman–Crippen MR) is 100 cm³/mol.